The zero-order valence-corrected chi connectivity index (χ0v) is 13.2. The number of rotatable bonds is 3. The Labute approximate surface area is 131 Å². The molecule has 1 aliphatic carbocycles. The number of benzene rings is 1. The van der Waals surface area contributed by atoms with Gasteiger partial charge >= 0.3 is 0 Å². The number of hydrogen-bond donors (Lipinski definition) is 2. The maximum Gasteiger partial charge on any atom is 0.233 e. The Kier molecular flexibility index (Phi) is 4.00. The fourth-order valence-electron chi connectivity index (χ4n) is 3.47. The first-order valence-corrected chi connectivity index (χ1v) is 8.19. The maximum atomic E-state index is 13.0. The Morgan fingerprint density at radius 1 is 1.14 bits per heavy atom. The third-order valence-corrected chi connectivity index (χ3v) is 5.26. The molecule has 2 N–H and O–H groups in total. The fraction of sp³-hybridized carbons (Fsp3) is 0.611. The van der Waals surface area contributed by atoms with Crippen LogP contribution in [0.2, 0.25) is 0 Å². The van der Waals surface area contributed by atoms with Crippen LogP contribution in [0, 0.1) is 6.92 Å². The SMILES string of the molecule is Cc1ccc(C2(C(=O)N3CCC[C@@](O)(CO)CC3)CC2)cc1. The normalized spacial score (nSPS) is 27.3. The number of nitrogens with zero attached hydrogens (tertiary/aromatic N) is 1. The van der Waals surface area contributed by atoms with Gasteiger partial charge in [0.1, 0.15) is 0 Å². The largest absolute Gasteiger partial charge is 0.393 e. The standard InChI is InChI=1S/C18H25NO3/c1-14-3-5-15(6-4-14)18(8-9-18)16(21)19-11-2-7-17(22,13-20)10-12-19/h3-6,20,22H,2,7-13H2,1H3/t17-/m0/s1. The molecule has 3 rings (SSSR count). The lowest BCUT2D eigenvalue weighted by atomic mass is 9.93. The van der Waals surface area contributed by atoms with Crippen LogP contribution in [0.3, 0.4) is 0 Å². The Hall–Kier alpha value is -1.39. The van der Waals surface area contributed by atoms with Crippen LogP contribution < -0.4 is 0 Å². The summed E-state index contributed by atoms with van der Waals surface area (Å²) in [5.41, 5.74) is 0.963. The summed E-state index contributed by atoms with van der Waals surface area (Å²) in [4.78, 5) is 14.9. The predicted octanol–water partition coefficient (Wildman–Crippen LogP) is 1.76. The van der Waals surface area contributed by atoms with Crippen LogP contribution in [-0.2, 0) is 10.2 Å². The molecule has 1 saturated carbocycles. The Bertz CT molecular complexity index is 550. The van der Waals surface area contributed by atoms with Crippen molar-refractivity contribution in [3.63, 3.8) is 0 Å². The molecule has 1 aliphatic heterocycles. The monoisotopic (exact) mass is 303 g/mol. The number of amides is 1. The first kappa shape index (κ1) is 15.5. The van der Waals surface area contributed by atoms with Gasteiger partial charge in [0.2, 0.25) is 5.91 Å². The first-order chi connectivity index (χ1) is 10.5. The summed E-state index contributed by atoms with van der Waals surface area (Å²) in [5.74, 6) is 0.193. The number of carbonyl (C=O) groups is 1. The van der Waals surface area contributed by atoms with E-state index in [-0.39, 0.29) is 17.9 Å². The van der Waals surface area contributed by atoms with E-state index in [0.29, 0.717) is 25.9 Å². The highest BCUT2D eigenvalue weighted by molar-refractivity contribution is 5.91. The van der Waals surface area contributed by atoms with Gasteiger partial charge in [0.25, 0.3) is 0 Å². The molecule has 4 heteroatoms. The molecule has 22 heavy (non-hydrogen) atoms. The van der Waals surface area contributed by atoms with Gasteiger partial charge in [-0.2, -0.15) is 0 Å². The highest BCUT2D eigenvalue weighted by Crippen LogP contribution is 2.50. The molecular formula is C18H25NO3. The van der Waals surface area contributed by atoms with Crippen molar-refractivity contribution < 1.29 is 15.0 Å². The predicted molar refractivity (Wildman–Crippen MR) is 84.6 cm³/mol. The molecule has 0 bridgehead atoms. The van der Waals surface area contributed by atoms with E-state index >= 15 is 0 Å². The van der Waals surface area contributed by atoms with Crippen LogP contribution in [0.25, 0.3) is 0 Å². The van der Waals surface area contributed by atoms with Crippen molar-refractivity contribution in [1.82, 2.24) is 4.90 Å². The molecule has 2 fully saturated rings. The molecule has 1 atom stereocenters. The molecule has 1 heterocycles. The summed E-state index contributed by atoms with van der Waals surface area (Å²) >= 11 is 0. The molecule has 1 amide bonds. The van der Waals surface area contributed by atoms with Crippen LogP contribution in [0.4, 0.5) is 0 Å². The summed E-state index contributed by atoms with van der Waals surface area (Å²) in [7, 11) is 0. The minimum Gasteiger partial charge on any atom is -0.393 e. The average Bonchev–Trinajstić information content (AvgIpc) is 3.33. The summed E-state index contributed by atoms with van der Waals surface area (Å²) < 4.78 is 0. The minimum absolute atomic E-state index is 0.193. The van der Waals surface area contributed by atoms with Crippen LogP contribution in [0.1, 0.15) is 43.2 Å². The molecule has 0 aromatic heterocycles. The Morgan fingerprint density at radius 3 is 2.41 bits per heavy atom. The molecule has 2 aliphatic rings. The van der Waals surface area contributed by atoms with Gasteiger partial charge in [0, 0.05) is 13.1 Å². The topological polar surface area (TPSA) is 60.8 Å². The van der Waals surface area contributed by atoms with E-state index in [4.69, 9.17) is 0 Å². The van der Waals surface area contributed by atoms with E-state index < -0.39 is 5.60 Å². The molecule has 0 radical (unpaired) electrons. The van der Waals surface area contributed by atoms with Gasteiger partial charge in [0.15, 0.2) is 0 Å². The van der Waals surface area contributed by atoms with Crippen molar-refractivity contribution in [2.24, 2.45) is 0 Å². The van der Waals surface area contributed by atoms with Gasteiger partial charge in [-0.15, -0.1) is 0 Å². The Morgan fingerprint density at radius 2 is 1.82 bits per heavy atom. The second-order valence-electron chi connectivity index (χ2n) is 6.98. The van der Waals surface area contributed by atoms with E-state index in [0.717, 1.165) is 24.8 Å². The number of aliphatic hydroxyl groups excluding tert-OH is 1. The van der Waals surface area contributed by atoms with Crippen molar-refractivity contribution in [2.75, 3.05) is 19.7 Å². The minimum atomic E-state index is -1.02. The van der Waals surface area contributed by atoms with Crippen LogP contribution in [-0.4, -0.2) is 46.3 Å². The maximum absolute atomic E-state index is 13.0. The summed E-state index contributed by atoms with van der Waals surface area (Å²) in [5, 5.41) is 19.6. The number of likely N-dealkylation sites (tertiary alicyclic amines) is 1. The number of carbonyl (C=O) groups excluding carboxylic acids is 1. The van der Waals surface area contributed by atoms with E-state index in [1.807, 2.05) is 4.90 Å². The van der Waals surface area contributed by atoms with Gasteiger partial charge < -0.3 is 15.1 Å². The highest BCUT2D eigenvalue weighted by Gasteiger charge is 2.53. The summed E-state index contributed by atoms with van der Waals surface area (Å²) in [6, 6.07) is 8.27. The third kappa shape index (κ3) is 2.77. The van der Waals surface area contributed by atoms with Crippen LogP contribution >= 0.6 is 0 Å². The van der Waals surface area contributed by atoms with Crippen LogP contribution in [0.15, 0.2) is 24.3 Å². The van der Waals surface area contributed by atoms with Crippen LogP contribution in [0.5, 0.6) is 0 Å². The molecule has 120 valence electrons. The number of aliphatic hydroxyl groups is 2. The lowest BCUT2D eigenvalue weighted by Crippen LogP contribution is -2.41. The molecule has 0 spiro atoms. The average molecular weight is 303 g/mol. The van der Waals surface area contributed by atoms with Gasteiger partial charge in [0.05, 0.1) is 17.6 Å². The quantitative estimate of drug-likeness (QED) is 0.894. The Balaban J connectivity index is 1.75. The van der Waals surface area contributed by atoms with Crippen molar-refractivity contribution >= 4 is 5.91 Å². The van der Waals surface area contributed by atoms with Crippen molar-refractivity contribution in [3.8, 4) is 0 Å². The number of aryl methyl sites for hydroxylation is 1. The second kappa shape index (κ2) is 5.67. The lowest BCUT2D eigenvalue weighted by molar-refractivity contribution is -0.134. The zero-order chi connectivity index (χ0) is 15.8. The van der Waals surface area contributed by atoms with Crippen molar-refractivity contribution in [1.29, 1.82) is 0 Å². The van der Waals surface area contributed by atoms with Gasteiger partial charge in [-0.25, -0.2) is 0 Å². The fourth-order valence-corrected chi connectivity index (χ4v) is 3.47. The van der Waals surface area contributed by atoms with Crippen molar-refractivity contribution in [3.05, 3.63) is 35.4 Å². The summed E-state index contributed by atoms with van der Waals surface area (Å²) in [6.07, 6.45) is 3.59. The molecule has 1 aromatic carbocycles. The smallest absolute Gasteiger partial charge is 0.233 e. The van der Waals surface area contributed by atoms with E-state index in [1.54, 1.807) is 0 Å². The molecule has 1 saturated heterocycles. The van der Waals surface area contributed by atoms with E-state index in [1.165, 1.54) is 5.56 Å². The zero-order valence-electron chi connectivity index (χ0n) is 13.2. The van der Waals surface area contributed by atoms with Gasteiger partial charge in [-0.05, 0) is 44.6 Å². The second-order valence-corrected chi connectivity index (χ2v) is 6.98. The van der Waals surface area contributed by atoms with Gasteiger partial charge in [-0.3, -0.25) is 4.79 Å². The molecule has 4 nitrogen and oxygen atoms in total. The van der Waals surface area contributed by atoms with E-state index in [2.05, 4.69) is 31.2 Å². The lowest BCUT2D eigenvalue weighted by Gasteiger charge is -2.27. The van der Waals surface area contributed by atoms with Crippen molar-refractivity contribution in [2.45, 2.75) is 50.0 Å². The first-order valence-electron chi connectivity index (χ1n) is 8.19. The van der Waals surface area contributed by atoms with E-state index in [9.17, 15) is 15.0 Å². The molecular weight excluding hydrogens is 278 g/mol. The molecule has 0 unspecified atom stereocenters. The third-order valence-electron chi connectivity index (χ3n) is 5.26. The summed E-state index contributed by atoms with van der Waals surface area (Å²) in [6.45, 7) is 3.03. The van der Waals surface area contributed by atoms with Gasteiger partial charge in [-0.1, -0.05) is 29.8 Å². The highest BCUT2D eigenvalue weighted by atomic mass is 16.3. The number of hydrogen-bond acceptors (Lipinski definition) is 3. The molecule has 1 aromatic rings.